The van der Waals surface area contributed by atoms with Gasteiger partial charge in [0.15, 0.2) is 0 Å². The SMILES string of the molecule is O=C([O-])c1cc(S(=O)(=O)N(Cc2ccccc2)c2ccc(Cl)cc2)ccc1Cl. The average molecular weight is 435 g/mol. The normalized spacial score (nSPS) is 11.2. The maximum Gasteiger partial charge on any atom is 0.264 e. The number of aromatic carboxylic acids is 1. The average Bonchev–Trinajstić information content (AvgIpc) is 2.67. The van der Waals surface area contributed by atoms with Crippen LogP contribution < -0.4 is 9.41 Å². The Morgan fingerprint density at radius 1 is 0.929 bits per heavy atom. The van der Waals surface area contributed by atoms with Crippen LogP contribution in [0, 0.1) is 0 Å². The molecule has 144 valence electrons. The Morgan fingerprint density at radius 3 is 2.18 bits per heavy atom. The largest absolute Gasteiger partial charge is 0.545 e. The van der Waals surface area contributed by atoms with E-state index in [4.69, 9.17) is 23.2 Å². The first-order valence-corrected chi connectivity index (χ1v) is 10.3. The van der Waals surface area contributed by atoms with Crippen molar-refractivity contribution in [2.24, 2.45) is 0 Å². The number of halogens is 2. The number of carboxylic acids is 1. The molecule has 0 amide bonds. The number of carbonyl (C=O) groups is 1. The summed E-state index contributed by atoms with van der Waals surface area (Å²) in [6.07, 6.45) is 0. The van der Waals surface area contributed by atoms with Gasteiger partial charge in [0.1, 0.15) is 0 Å². The Morgan fingerprint density at radius 2 is 1.57 bits per heavy atom. The lowest BCUT2D eigenvalue weighted by molar-refractivity contribution is -0.255. The van der Waals surface area contributed by atoms with Gasteiger partial charge in [0.25, 0.3) is 10.0 Å². The second-order valence-corrected chi connectivity index (χ2v) is 8.61. The summed E-state index contributed by atoms with van der Waals surface area (Å²) < 4.78 is 27.9. The van der Waals surface area contributed by atoms with Crippen LogP contribution in [0.15, 0.2) is 77.7 Å². The molecule has 0 bridgehead atoms. The lowest BCUT2D eigenvalue weighted by atomic mass is 10.2. The topological polar surface area (TPSA) is 77.5 Å². The van der Waals surface area contributed by atoms with Gasteiger partial charge >= 0.3 is 0 Å². The van der Waals surface area contributed by atoms with E-state index in [2.05, 4.69) is 0 Å². The van der Waals surface area contributed by atoms with Crippen LogP contribution in [0.4, 0.5) is 5.69 Å². The third kappa shape index (κ3) is 4.30. The first kappa shape index (κ1) is 20.2. The number of anilines is 1. The van der Waals surface area contributed by atoms with E-state index in [1.165, 1.54) is 16.4 Å². The van der Waals surface area contributed by atoms with Crippen LogP contribution in [0.25, 0.3) is 0 Å². The van der Waals surface area contributed by atoms with E-state index in [1.807, 2.05) is 6.07 Å². The van der Waals surface area contributed by atoms with E-state index in [-0.39, 0.29) is 16.5 Å². The van der Waals surface area contributed by atoms with Crippen LogP contribution in [0.5, 0.6) is 0 Å². The molecule has 0 atom stereocenters. The smallest absolute Gasteiger partial charge is 0.264 e. The summed E-state index contributed by atoms with van der Waals surface area (Å²) in [5.41, 5.74) is 0.756. The van der Waals surface area contributed by atoms with Crippen molar-refractivity contribution >= 4 is 44.9 Å². The van der Waals surface area contributed by atoms with Crippen LogP contribution >= 0.6 is 23.2 Å². The fraction of sp³-hybridized carbons (Fsp3) is 0.0500. The number of hydrogen-bond acceptors (Lipinski definition) is 4. The van der Waals surface area contributed by atoms with Gasteiger partial charge in [-0.1, -0.05) is 53.5 Å². The van der Waals surface area contributed by atoms with Crippen LogP contribution in [-0.2, 0) is 16.6 Å². The van der Waals surface area contributed by atoms with Gasteiger partial charge in [0.2, 0.25) is 0 Å². The zero-order valence-electron chi connectivity index (χ0n) is 14.4. The highest BCUT2D eigenvalue weighted by molar-refractivity contribution is 7.92. The summed E-state index contributed by atoms with van der Waals surface area (Å²) in [6.45, 7) is 0.0497. The van der Waals surface area contributed by atoms with Crippen molar-refractivity contribution in [3.63, 3.8) is 0 Å². The van der Waals surface area contributed by atoms with Gasteiger partial charge in [-0.05, 0) is 48.0 Å². The van der Waals surface area contributed by atoms with E-state index in [1.54, 1.807) is 48.5 Å². The monoisotopic (exact) mass is 434 g/mol. The van der Waals surface area contributed by atoms with E-state index >= 15 is 0 Å². The maximum absolute atomic E-state index is 13.3. The predicted molar refractivity (Wildman–Crippen MR) is 107 cm³/mol. The van der Waals surface area contributed by atoms with Crippen LogP contribution in [-0.4, -0.2) is 14.4 Å². The molecule has 0 aliphatic rings. The first-order chi connectivity index (χ1) is 13.3. The van der Waals surface area contributed by atoms with Crippen LogP contribution in [0.3, 0.4) is 0 Å². The molecule has 0 heterocycles. The molecule has 0 saturated carbocycles. The highest BCUT2D eigenvalue weighted by Crippen LogP contribution is 2.29. The lowest BCUT2D eigenvalue weighted by Gasteiger charge is -2.25. The second-order valence-electron chi connectivity index (χ2n) is 5.90. The fourth-order valence-corrected chi connectivity index (χ4v) is 4.42. The van der Waals surface area contributed by atoms with Gasteiger partial charge in [-0.25, -0.2) is 8.42 Å². The molecule has 0 N–H and O–H groups in total. The standard InChI is InChI=1S/C20H15Cl2NO4S/c21-15-6-8-16(9-7-15)23(13-14-4-2-1-3-5-14)28(26,27)17-10-11-19(22)18(12-17)20(24)25/h1-12H,13H2,(H,24,25)/p-1. The molecule has 0 aromatic heterocycles. The highest BCUT2D eigenvalue weighted by atomic mass is 35.5. The third-order valence-electron chi connectivity index (χ3n) is 4.03. The van der Waals surface area contributed by atoms with Gasteiger partial charge < -0.3 is 9.90 Å². The summed E-state index contributed by atoms with van der Waals surface area (Å²) in [4.78, 5) is 11.0. The van der Waals surface area contributed by atoms with E-state index in [0.29, 0.717) is 10.7 Å². The molecule has 28 heavy (non-hydrogen) atoms. The van der Waals surface area contributed by atoms with Gasteiger partial charge in [0.05, 0.1) is 23.1 Å². The number of sulfonamides is 1. The van der Waals surface area contributed by atoms with Crippen LogP contribution in [0.1, 0.15) is 15.9 Å². The molecule has 0 spiro atoms. The van der Waals surface area contributed by atoms with Crippen molar-refractivity contribution < 1.29 is 18.3 Å². The van der Waals surface area contributed by atoms with Crippen molar-refractivity contribution in [3.8, 4) is 0 Å². The zero-order valence-corrected chi connectivity index (χ0v) is 16.7. The molecule has 0 fully saturated rings. The van der Waals surface area contributed by atoms with E-state index in [0.717, 1.165) is 11.6 Å². The molecular formula is C20H14Cl2NO4S-. The van der Waals surface area contributed by atoms with E-state index < -0.39 is 21.6 Å². The number of rotatable bonds is 6. The third-order valence-corrected chi connectivity index (χ3v) is 6.38. The quantitative estimate of drug-likeness (QED) is 0.591. The molecular weight excluding hydrogens is 421 g/mol. The summed E-state index contributed by atoms with van der Waals surface area (Å²) >= 11 is 11.8. The Kier molecular flexibility index (Phi) is 5.93. The molecule has 8 heteroatoms. The lowest BCUT2D eigenvalue weighted by Crippen LogP contribution is -2.31. The first-order valence-electron chi connectivity index (χ1n) is 8.12. The van der Waals surface area contributed by atoms with Crippen molar-refractivity contribution in [3.05, 3.63) is 94.0 Å². The minimum atomic E-state index is -4.10. The summed E-state index contributed by atoms with van der Waals surface area (Å²) in [6, 6.07) is 18.8. The molecule has 0 saturated heterocycles. The van der Waals surface area contributed by atoms with E-state index in [9.17, 15) is 18.3 Å². The molecule has 3 aromatic rings. The molecule has 0 radical (unpaired) electrons. The van der Waals surface area contributed by atoms with Crippen molar-refractivity contribution in [2.75, 3.05) is 4.31 Å². The molecule has 0 aliphatic heterocycles. The molecule has 3 aromatic carbocycles. The molecule has 0 aliphatic carbocycles. The number of hydrogen-bond donors (Lipinski definition) is 0. The summed E-state index contributed by atoms with van der Waals surface area (Å²) in [7, 11) is -4.10. The number of nitrogens with zero attached hydrogens (tertiary/aromatic N) is 1. The van der Waals surface area contributed by atoms with Crippen molar-refractivity contribution in [2.45, 2.75) is 11.4 Å². The summed E-state index contributed by atoms with van der Waals surface area (Å²) in [5, 5.41) is 11.6. The van der Waals surface area contributed by atoms with Gasteiger partial charge in [-0.15, -0.1) is 0 Å². The zero-order chi connectivity index (χ0) is 20.3. The Balaban J connectivity index is 2.11. The maximum atomic E-state index is 13.3. The number of carbonyl (C=O) groups excluding carboxylic acids is 1. The Labute approximate surface area is 172 Å². The molecule has 0 unspecified atom stereocenters. The molecule has 3 rings (SSSR count). The molecule has 5 nitrogen and oxygen atoms in total. The number of benzene rings is 3. The minimum absolute atomic E-state index is 0.0497. The Bertz CT molecular complexity index is 1100. The van der Waals surface area contributed by atoms with Crippen molar-refractivity contribution in [1.29, 1.82) is 0 Å². The van der Waals surface area contributed by atoms with Gasteiger partial charge in [0, 0.05) is 15.6 Å². The second kappa shape index (κ2) is 8.22. The fourth-order valence-electron chi connectivity index (χ4n) is 2.62. The number of carboxylic acid groups (broad SMARTS) is 1. The van der Waals surface area contributed by atoms with Crippen LogP contribution in [0.2, 0.25) is 10.0 Å². The highest BCUT2D eigenvalue weighted by Gasteiger charge is 2.26. The van der Waals surface area contributed by atoms with Crippen molar-refractivity contribution in [1.82, 2.24) is 0 Å². The predicted octanol–water partition coefficient (Wildman–Crippen LogP) is 3.75. The van der Waals surface area contributed by atoms with Gasteiger partial charge in [-0.3, -0.25) is 4.31 Å². The minimum Gasteiger partial charge on any atom is -0.545 e. The van der Waals surface area contributed by atoms with Gasteiger partial charge in [-0.2, -0.15) is 0 Å². The summed E-state index contributed by atoms with van der Waals surface area (Å²) in [5.74, 6) is -1.55. The Hall–Kier alpha value is -2.54.